The highest BCUT2D eigenvalue weighted by Gasteiger charge is 2.12. The number of rotatable bonds is 5. The first-order valence-electron chi connectivity index (χ1n) is 6.97. The first-order valence-corrected chi connectivity index (χ1v) is 6.97. The Hall–Kier alpha value is -2.16. The average molecular weight is 267 g/mol. The zero-order valence-corrected chi connectivity index (χ0v) is 11.3. The van der Waals surface area contributed by atoms with E-state index in [0.29, 0.717) is 12.8 Å². The second-order valence-corrected chi connectivity index (χ2v) is 5.08. The summed E-state index contributed by atoms with van der Waals surface area (Å²) in [6, 6.07) is 11.9. The van der Waals surface area contributed by atoms with Crippen molar-refractivity contribution in [3.05, 3.63) is 59.4 Å². The summed E-state index contributed by atoms with van der Waals surface area (Å²) in [7, 11) is 0. The molecule has 0 saturated heterocycles. The fourth-order valence-corrected chi connectivity index (χ4v) is 2.47. The first kappa shape index (κ1) is 12.9. The molecule has 0 amide bonds. The number of carbonyl (C=O) groups is 1. The van der Waals surface area contributed by atoms with Gasteiger partial charge in [0, 0.05) is 31.2 Å². The van der Waals surface area contributed by atoms with Gasteiger partial charge in [0.2, 0.25) is 0 Å². The van der Waals surface area contributed by atoms with E-state index in [1.54, 1.807) is 6.20 Å². The topological polar surface area (TPSA) is 39.2 Å². The van der Waals surface area contributed by atoms with Crippen LogP contribution in [0.3, 0.4) is 0 Å². The highest BCUT2D eigenvalue weighted by atomic mass is 16.5. The van der Waals surface area contributed by atoms with Crippen molar-refractivity contribution >= 4 is 5.78 Å². The van der Waals surface area contributed by atoms with Gasteiger partial charge in [-0.05, 0) is 35.7 Å². The molecule has 3 heteroatoms. The minimum atomic E-state index is 0.237. The van der Waals surface area contributed by atoms with Crippen molar-refractivity contribution in [2.45, 2.75) is 25.7 Å². The fraction of sp³-hybridized carbons (Fsp3) is 0.294. The number of carbonyl (C=O) groups excluding carboxylic acids is 1. The maximum atomic E-state index is 12.0. The molecule has 20 heavy (non-hydrogen) atoms. The van der Waals surface area contributed by atoms with Crippen LogP contribution in [-0.2, 0) is 24.1 Å². The van der Waals surface area contributed by atoms with E-state index in [1.165, 1.54) is 11.1 Å². The number of aromatic nitrogens is 1. The van der Waals surface area contributed by atoms with E-state index in [9.17, 15) is 4.79 Å². The minimum absolute atomic E-state index is 0.237. The second kappa shape index (κ2) is 5.87. The summed E-state index contributed by atoms with van der Waals surface area (Å²) >= 11 is 0. The van der Waals surface area contributed by atoms with Gasteiger partial charge in [-0.1, -0.05) is 18.2 Å². The van der Waals surface area contributed by atoms with Gasteiger partial charge in [-0.25, -0.2) is 0 Å². The van der Waals surface area contributed by atoms with Gasteiger partial charge in [0.1, 0.15) is 11.5 Å². The Morgan fingerprint density at radius 3 is 3.05 bits per heavy atom. The molecule has 0 spiro atoms. The smallest absolute Gasteiger partial charge is 0.139 e. The van der Waals surface area contributed by atoms with Gasteiger partial charge in [0.05, 0.1) is 6.61 Å². The summed E-state index contributed by atoms with van der Waals surface area (Å²) in [6.07, 6.45) is 4.48. The van der Waals surface area contributed by atoms with Crippen LogP contribution in [0.2, 0.25) is 0 Å². The predicted molar refractivity (Wildman–Crippen MR) is 76.9 cm³/mol. The van der Waals surface area contributed by atoms with Crippen LogP contribution in [0.4, 0.5) is 0 Å². The number of hydrogen-bond acceptors (Lipinski definition) is 3. The molecular weight excluding hydrogens is 250 g/mol. The predicted octanol–water partition coefficient (Wildman–Crippen LogP) is 2.76. The molecule has 0 unspecified atom stereocenters. The Bertz CT molecular complexity index is 608. The number of aryl methyl sites for hydroxylation is 1. The van der Waals surface area contributed by atoms with Crippen LogP contribution < -0.4 is 4.74 Å². The molecule has 1 aliphatic rings. The van der Waals surface area contributed by atoms with Crippen LogP contribution in [0.5, 0.6) is 5.75 Å². The largest absolute Gasteiger partial charge is 0.493 e. The normalized spacial score (nSPS) is 12.8. The molecule has 1 aromatic carbocycles. The number of Topliss-reactive ketones (excluding diaryl/α,β-unsaturated/α-hetero) is 1. The van der Waals surface area contributed by atoms with Gasteiger partial charge in [-0.2, -0.15) is 0 Å². The number of benzene rings is 1. The van der Waals surface area contributed by atoms with Crippen molar-refractivity contribution in [1.82, 2.24) is 4.98 Å². The quantitative estimate of drug-likeness (QED) is 0.836. The lowest BCUT2D eigenvalue weighted by molar-refractivity contribution is -0.118. The monoisotopic (exact) mass is 267 g/mol. The molecule has 0 aliphatic carbocycles. The highest BCUT2D eigenvalue weighted by Crippen LogP contribution is 2.26. The van der Waals surface area contributed by atoms with E-state index in [-0.39, 0.29) is 5.78 Å². The van der Waals surface area contributed by atoms with Gasteiger partial charge in [0.25, 0.3) is 0 Å². The van der Waals surface area contributed by atoms with E-state index in [2.05, 4.69) is 17.1 Å². The third-order valence-corrected chi connectivity index (χ3v) is 3.55. The van der Waals surface area contributed by atoms with E-state index in [1.807, 2.05) is 24.3 Å². The summed E-state index contributed by atoms with van der Waals surface area (Å²) in [5, 5.41) is 0. The van der Waals surface area contributed by atoms with Crippen molar-refractivity contribution in [3.8, 4) is 5.75 Å². The van der Waals surface area contributed by atoms with E-state index >= 15 is 0 Å². The van der Waals surface area contributed by atoms with Gasteiger partial charge in [0.15, 0.2) is 0 Å². The lowest BCUT2D eigenvalue weighted by atomic mass is 10.0. The summed E-state index contributed by atoms with van der Waals surface area (Å²) in [6.45, 7) is 0.775. The van der Waals surface area contributed by atoms with Crippen molar-refractivity contribution in [2.75, 3.05) is 6.61 Å². The average Bonchev–Trinajstić information content (AvgIpc) is 2.93. The van der Waals surface area contributed by atoms with Crippen LogP contribution in [0.25, 0.3) is 0 Å². The molecule has 2 aromatic rings. The molecule has 0 fully saturated rings. The van der Waals surface area contributed by atoms with Crippen LogP contribution in [0, 0.1) is 0 Å². The molecule has 0 atom stereocenters. The van der Waals surface area contributed by atoms with Crippen LogP contribution in [-0.4, -0.2) is 17.4 Å². The number of pyridine rings is 1. The van der Waals surface area contributed by atoms with E-state index < -0.39 is 0 Å². The maximum absolute atomic E-state index is 12.0. The van der Waals surface area contributed by atoms with Crippen LogP contribution in [0.1, 0.15) is 23.2 Å². The molecule has 0 bridgehead atoms. The molecule has 0 radical (unpaired) electrons. The zero-order valence-electron chi connectivity index (χ0n) is 11.3. The number of ether oxygens (including phenoxy) is 1. The number of nitrogens with zero attached hydrogens (tertiary/aromatic N) is 1. The Kier molecular flexibility index (Phi) is 3.77. The molecule has 3 nitrogen and oxygen atoms in total. The lowest BCUT2D eigenvalue weighted by Gasteiger charge is -2.04. The van der Waals surface area contributed by atoms with Crippen LogP contribution >= 0.6 is 0 Å². The van der Waals surface area contributed by atoms with Crippen LogP contribution in [0.15, 0.2) is 42.6 Å². The molecule has 102 valence electrons. The molecule has 0 saturated carbocycles. The fourth-order valence-electron chi connectivity index (χ4n) is 2.47. The van der Waals surface area contributed by atoms with Crippen molar-refractivity contribution in [2.24, 2.45) is 0 Å². The SMILES string of the molecule is O=C(CCc1ccc2c(c1)CCO2)Cc1ccccn1. The van der Waals surface area contributed by atoms with Crippen molar-refractivity contribution < 1.29 is 9.53 Å². The Morgan fingerprint density at radius 2 is 2.20 bits per heavy atom. The third kappa shape index (κ3) is 3.05. The Labute approximate surface area is 118 Å². The second-order valence-electron chi connectivity index (χ2n) is 5.08. The van der Waals surface area contributed by atoms with Crippen molar-refractivity contribution in [1.29, 1.82) is 0 Å². The molecule has 2 heterocycles. The molecule has 0 N–H and O–H groups in total. The van der Waals surface area contributed by atoms with Gasteiger partial charge < -0.3 is 4.74 Å². The summed E-state index contributed by atoms with van der Waals surface area (Å²) < 4.78 is 5.48. The molecular formula is C17H17NO2. The molecule has 1 aliphatic heterocycles. The Balaban J connectivity index is 1.55. The highest BCUT2D eigenvalue weighted by molar-refractivity contribution is 5.80. The number of fused-ring (bicyclic) bond motifs is 1. The van der Waals surface area contributed by atoms with E-state index in [0.717, 1.165) is 30.9 Å². The first-order chi connectivity index (χ1) is 9.81. The van der Waals surface area contributed by atoms with Crippen molar-refractivity contribution in [3.63, 3.8) is 0 Å². The summed E-state index contributed by atoms with van der Waals surface area (Å²) in [5.74, 6) is 1.23. The standard InChI is InChI=1S/C17H17NO2/c19-16(12-15-3-1-2-9-18-15)6-4-13-5-7-17-14(11-13)8-10-20-17/h1-3,5,7,9,11H,4,6,8,10,12H2. The van der Waals surface area contributed by atoms with Gasteiger partial charge in [-0.3, -0.25) is 9.78 Å². The number of hydrogen-bond donors (Lipinski definition) is 0. The number of ketones is 1. The Morgan fingerprint density at radius 1 is 1.25 bits per heavy atom. The maximum Gasteiger partial charge on any atom is 0.139 e. The van der Waals surface area contributed by atoms with Gasteiger partial charge in [-0.15, -0.1) is 0 Å². The molecule has 3 rings (SSSR count). The summed E-state index contributed by atoms with van der Waals surface area (Å²) in [4.78, 5) is 16.1. The van der Waals surface area contributed by atoms with E-state index in [4.69, 9.17) is 4.74 Å². The summed E-state index contributed by atoms with van der Waals surface area (Å²) in [5.41, 5.74) is 3.32. The zero-order chi connectivity index (χ0) is 13.8. The minimum Gasteiger partial charge on any atom is -0.493 e. The lowest BCUT2D eigenvalue weighted by Crippen LogP contribution is -2.05. The third-order valence-electron chi connectivity index (χ3n) is 3.55. The van der Waals surface area contributed by atoms with Gasteiger partial charge >= 0.3 is 0 Å². The molecule has 1 aromatic heterocycles.